The van der Waals surface area contributed by atoms with Crippen molar-refractivity contribution in [3.05, 3.63) is 48.0 Å². The van der Waals surface area contributed by atoms with Crippen molar-refractivity contribution in [1.29, 1.82) is 0 Å². The van der Waals surface area contributed by atoms with Gasteiger partial charge in [0.25, 0.3) is 0 Å². The van der Waals surface area contributed by atoms with Crippen molar-refractivity contribution in [1.82, 2.24) is 0 Å². The molecular formula is C22H34O3. The second-order valence-electron chi connectivity index (χ2n) is 5.76. The summed E-state index contributed by atoms with van der Waals surface area (Å²) in [5.74, 6) is -0.169. The predicted octanol–water partition coefficient (Wildman–Crippen LogP) is 5.69. The fourth-order valence-electron chi connectivity index (χ4n) is 3.02. The Kier molecular flexibility index (Phi) is 13.3. The maximum atomic E-state index is 11.9. The molecule has 0 bridgehead atoms. The van der Waals surface area contributed by atoms with E-state index in [-0.39, 0.29) is 24.0 Å². The van der Waals surface area contributed by atoms with Crippen LogP contribution < -0.4 is 0 Å². The van der Waals surface area contributed by atoms with E-state index in [1.165, 1.54) is 5.56 Å². The molecule has 1 fully saturated rings. The van der Waals surface area contributed by atoms with Gasteiger partial charge in [-0.1, -0.05) is 70.5 Å². The fraction of sp³-hybridized carbons (Fsp3) is 0.545. The van der Waals surface area contributed by atoms with Crippen molar-refractivity contribution in [2.45, 2.75) is 66.2 Å². The highest BCUT2D eigenvalue weighted by Crippen LogP contribution is 2.35. The average Bonchev–Trinajstić information content (AvgIpc) is 3.09. The van der Waals surface area contributed by atoms with Crippen LogP contribution in [-0.2, 0) is 16.0 Å². The lowest BCUT2D eigenvalue weighted by molar-refractivity contribution is -0.138. The summed E-state index contributed by atoms with van der Waals surface area (Å²) < 4.78 is 0. The predicted molar refractivity (Wildman–Crippen MR) is 105 cm³/mol. The lowest BCUT2D eigenvalue weighted by Gasteiger charge is -2.13. The van der Waals surface area contributed by atoms with Crippen LogP contribution in [-0.4, -0.2) is 16.9 Å². The number of carbonyl (C=O) groups is 2. The van der Waals surface area contributed by atoms with Gasteiger partial charge in [0.1, 0.15) is 0 Å². The highest BCUT2D eigenvalue weighted by molar-refractivity contribution is 5.89. The molecule has 0 aromatic heterocycles. The maximum absolute atomic E-state index is 11.9. The zero-order chi connectivity index (χ0) is 19.1. The van der Waals surface area contributed by atoms with Gasteiger partial charge in [0.15, 0.2) is 5.78 Å². The average molecular weight is 347 g/mol. The van der Waals surface area contributed by atoms with Gasteiger partial charge in [-0.2, -0.15) is 0 Å². The molecule has 3 nitrogen and oxygen atoms in total. The normalized spacial score (nSPS) is 18.7. The van der Waals surface area contributed by atoms with Gasteiger partial charge in [0.2, 0.25) is 0 Å². The first kappa shape index (κ1) is 23.1. The van der Waals surface area contributed by atoms with E-state index < -0.39 is 5.97 Å². The molecule has 0 aliphatic heterocycles. The molecule has 140 valence electrons. The zero-order valence-electron chi connectivity index (χ0n) is 16.2. The molecule has 2 rings (SSSR count). The van der Waals surface area contributed by atoms with E-state index in [1.807, 2.05) is 64.1 Å². The van der Waals surface area contributed by atoms with Crippen LogP contribution in [0.25, 0.3) is 0 Å². The Morgan fingerprint density at radius 1 is 1.08 bits per heavy atom. The van der Waals surface area contributed by atoms with E-state index >= 15 is 0 Å². The summed E-state index contributed by atoms with van der Waals surface area (Å²) in [4.78, 5) is 22.7. The number of aliphatic carboxylic acids is 1. The highest BCUT2D eigenvalue weighted by Gasteiger charge is 2.27. The molecule has 0 saturated heterocycles. The van der Waals surface area contributed by atoms with Gasteiger partial charge in [0, 0.05) is 12.8 Å². The third-order valence-electron chi connectivity index (χ3n) is 4.19. The van der Waals surface area contributed by atoms with Crippen LogP contribution in [0.4, 0.5) is 0 Å². The SMILES string of the molecule is CC.CC.O=C(O)C[C@H]1CCCC1/C=C/C(=O)CCc1ccccc1. The van der Waals surface area contributed by atoms with Crippen molar-refractivity contribution in [3.63, 3.8) is 0 Å². The van der Waals surface area contributed by atoms with E-state index in [0.717, 1.165) is 25.7 Å². The summed E-state index contributed by atoms with van der Waals surface area (Å²) in [5.41, 5.74) is 1.17. The molecule has 1 aromatic carbocycles. The zero-order valence-corrected chi connectivity index (χ0v) is 16.2. The van der Waals surface area contributed by atoms with Crippen LogP contribution in [0.2, 0.25) is 0 Å². The van der Waals surface area contributed by atoms with E-state index in [2.05, 4.69) is 0 Å². The molecule has 3 heteroatoms. The third-order valence-corrected chi connectivity index (χ3v) is 4.19. The number of carbonyl (C=O) groups excluding carboxylic acids is 1. The number of rotatable bonds is 7. The van der Waals surface area contributed by atoms with E-state index in [4.69, 9.17) is 5.11 Å². The van der Waals surface area contributed by atoms with Crippen molar-refractivity contribution >= 4 is 11.8 Å². The molecule has 1 unspecified atom stereocenters. The van der Waals surface area contributed by atoms with Gasteiger partial charge < -0.3 is 5.11 Å². The summed E-state index contributed by atoms with van der Waals surface area (Å²) >= 11 is 0. The molecule has 0 radical (unpaired) electrons. The van der Waals surface area contributed by atoms with E-state index in [0.29, 0.717) is 6.42 Å². The first-order valence-electron chi connectivity index (χ1n) is 9.62. The monoisotopic (exact) mass is 346 g/mol. The number of ketones is 1. The van der Waals surface area contributed by atoms with Crippen LogP contribution >= 0.6 is 0 Å². The number of hydrogen-bond donors (Lipinski definition) is 1. The number of hydrogen-bond acceptors (Lipinski definition) is 2. The Balaban J connectivity index is 0.00000134. The van der Waals surface area contributed by atoms with Gasteiger partial charge in [-0.15, -0.1) is 0 Å². The lowest BCUT2D eigenvalue weighted by Crippen LogP contribution is -2.11. The molecular weight excluding hydrogens is 312 g/mol. The van der Waals surface area contributed by atoms with Crippen LogP contribution in [0.5, 0.6) is 0 Å². The Hall–Kier alpha value is -1.90. The van der Waals surface area contributed by atoms with Crippen molar-refractivity contribution in [3.8, 4) is 0 Å². The molecule has 1 aliphatic carbocycles. The largest absolute Gasteiger partial charge is 0.481 e. The van der Waals surface area contributed by atoms with E-state index in [9.17, 15) is 9.59 Å². The summed E-state index contributed by atoms with van der Waals surface area (Å²) in [7, 11) is 0. The topological polar surface area (TPSA) is 54.4 Å². The maximum Gasteiger partial charge on any atom is 0.303 e. The second kappa shape index (κ2) is 14.4. The molecule has 0 amide bonds. The third kappa shape index (κ3) is 9.85. The molecule has 1 N–H and O–H groups in total. The van der Waals surface area contributed by atoms with Gasteiger partial charge in [-0.25, -0.2) is 0 Å². The standard InChI is InChI=1S/C18H22O3.2C2H6/c19-17(11-9-14-5-2-1-3-6-14)12-10-15-7-4-8-16(15)13-18(20)21;2*1-2/h1-3,5-6,10,12,15-16H,4,7-9,11,13H2,(H,20,21);2*1-2H3/b12-10+;;/t15?,16-;;/m1../s1. The molecule has 1 aromatic rings. The number of carboxylic acid groups (broad SMARTS) is 1. The quantitative estimate of drug-likeness (QED) is 0.645. The van der Waals surface area contributed by atoms with Crippen molar-refractivity contribution in [2.24, 2.45) is 11.8 Å². The minimum atomic E-state index is -0.740. The molecule has 0 spiro atoms. The first-order chi connectivity index (χ1) is 12.1. The van der Waals surface area contributed by atoms with Gasteiger partial charge in [0.05, 0.1) is 0 Å². The second-order valence-corrected chi connectivity index (χ2v) is 5.76. The fourth-order valence-corrected chi connectivity index (χ4v) is 3.02. The minimum Gasteiger partial charge on any atom is -0.481 e. The Bertz CT molecular complexity index is 505. The first-order valence-corrected chi connectivity index (χ1v) is 9.62. The van der Waals surface area contributed by atoms with E-state index in [1.54, 1.807) is 6.08 Å². The lowest BCUT2D eigenvalue weighted by atomic mass is 9.92. The Labute approximate surface area is 153 Å². The van der Waals surface area contributed by atoms with Crippen molar-refractivity contribution < 1.29 is 14.7 Å². The highest BCUT2D eigenvalue weighted by atomic mass is 16.4. The number of carboxylic acids is 1. The minimum absolute atomic E-state index is 0.125. The Morgan fingerprint density at radius 2 is 1.72 bits per heavy atom. The molecule has 2 atom stereocenters. The number of aryl methyl sites for hydroxylation is 1. The van der Waals surface area contributed by atoms with Crippen LogP contribution in [0.1, 0.15) is 65.4 Å². The summed E-state index contributed by atoms with van der Waals surface area (Å²) in [6, 6.07) is 9.97. The molecule has 25 heavy (non-hydrogen) atoms. The number of allylic oxidation sites excluding steroid dienone is 2. The summed E-state index contributed by atoms with van der Waals surface area (Å²) in [6.07, 6.45) is 8.10. The smallest absolute Gasteiger partial charge is 0.303 e. The van der Waals surface area contributed by atoms with Crippen LogP contribution in [0.3, 0.4) is 0 Å². The summed E-state index contributed by atoms with van der Waals surface area (Å²) in [6.45, 7) is 8.00. The Morgan fingerprint density at radius 3 is 2.32 bits per heavy atom. The molecule has 1 aliphatic rings. The van der Waals surface area contributed by atoms with Gasteiger partial charge in [-0.05, 0) is 42.7 Å². The van der Waals surface area contributed by atoms with Gasteiger partial charge >= 0.3 is 5.97 Å². The molecule has 1 saturated carbocycles. The molecule has 0 heterocycles. The van der Waals surface area contributed by atoms with Crippen LogP contribution in [0, 0.1) is 11.8 Å². The summed E-state index contributed by atoms with van der Waals surface area (Å²) in [5, 5.41) is 8.89. The number of benzene rings is 1. The van der Waals surface area contributed by atoms with Crippen molar-refractivity contribution in [2.75, 3.05) is 0 Å². The van der Waals surface area contributed by atoms with Crippen LogP contribution in [0.15, 0.2) is 42.5 Å². The van der Waals surface area contributed by atoms with Gasteiger partial charge in [-0.3, -0.25) is 9.59 Å².